The van der Waals surface area contributed by atoms with Gasteiger partial charge in [0.15, 0.2) is 0 Å². The average Bonchev–Trinajstić information content (AvgIpc) is 3.13. The number of aromatic nitrogens is 4. The molecular weight excluding hydrogens is 461 g/mol. The number of imidazole rings is 1. The number of pyridine rings is 1. The van der Waals surface area contributed by atoms with Crippen molar-refractivity contribution in [3.8, 4) is 17.0 Å². The van der Waals surface area contributed by atoms with E-state index in [4.69, 9.17) is 15.5 Å². The largest absolute Gasteiger partial charge is 0.492 e. The van der Waals surface area contributed by atoms with Crippen LogP contribution < -0.4 is 16.0 Å². The second-order valence-electron chi connectivity index (χ2n) is 11.1. The molecule has 8 nitrogen and oxygen atoms in total. The number of benzene rings is 1. The topological polar surface area (TPSA) is 108 Å². The fourth-order valence-electron chi connectivity index (χ4n) is 6.61. The molecule has 186 valence electrons. The number of anilines is 1. The van der Waals surface area contributed by atoms with E-state index in [0.717, 1.165) is 19.3 Å². The summed E-state index contributed by atoms with van der Waals surface area (Å²) in [5, 5.41) is 11.2. The molecule has 0 aliphatic heterocycles. The van der Waals surface area contributed by atoms with Crippen molar-refractivity contribution in [1.29, 1.82) is 0 Å². The Hall–Kier alpha value is -3.46. The van der Waals surface area contributed by atoms with E-state index in [1.54, 1.807) is 31.6 Å². The van der Waals surface area contributed by atoms with Crippen molar-refractivity contribution in [2.45, 2.75) is 63.0 Å². The van der Waals surface area contributed by atoms with Crippen molar-refractivity contribution in [2.24, 2.45) is 5.92 Å². The van der Waals surface area contributed by atoms with E-state index in [0.29, 0.717) is 58.9 Å². The number of nitrogens with zero attached hydrogens (tertiary/aromatic N) is 4. The monoisotopic (exact) mass is 489 g/mol. The van der Waals surface area contributed by atoms with Gasteiger partial charge in [-0.3, -0.25) is 9.20 Å². The molecule has 3 heterocycles. The Morgan fingerprint density at radius 3 is 2.61 bits per heavy atom. The third kappa shape index (κ3) is 2.86. The third-order valence-electron chi connectivity index (χ3n) is 8.49. The molecule has 0 unspecified atom stereocenters. The molecule has 4 fully saturated rings. The van der Waals surface area contributed by atoms with E-state index in [1.807, 2.05) is 15.9 Å². The van der Waals surface area contributed by atoms with Gasteiger partial charge in [-0.05, 0) is 64.0 Å². The summed E-state index contributed by atoms with van der Waals surface area (Å²) >= 11 is 0. The first-order valence-electron chi connectivity index (χ1n) is 12.6. The van der Waals surface area contributed by atoms with Crippen molar-refractivity contribution in [3.05, 3.63) is 52.7 Å². The van der Waals surface area contributed by atoms with Gasteiger partial charge in [0.2, 0.25) is 0 Å². The Kier molecular flexibility index (Phi) is 4.28. The first kappa shape index (κ1) is 21.8. The van der Waals surface area contributed by atoms with Gasteiger partial charge < -0.3 is 20.1 Å². The number of aliphatic hydroxyl groups is 1. The Balaban J connectivity index is 1.46. The first-order chi connectivity index (χ1) is 17.2. The summed E-state index contributed by atoms with van der Waals surface area (Å²) in [6, 6.07) is 2.96. The molecule has 0 saturated heterocycles. The molecule has 9 heteroatoms. The molecule has 4 aliphatic carbocycles. The number of hydrogen-bond acceptors (Lipinski definition) is 6. The molecule has 0 atom stereocenters. The van der Waals surface area contributed by atoms with E-state index in [9.17, 15) is 9.90 Å². The highest BCUT2D eigenvalue weighted by atomic mass is 19.1. The third-order valence-corrected chi connectivity index (χ3v) is 8.49. The maximum absolute atomic E-state index is 15.8. The number of nitrogens with two attached hydrogens (primary N) is 1. The van der Waals surface area contributed by atoms with Crippen molar-refractivity contribution in [1.82, 2.24) is 18.9 Å². The lowest BCUT2D eigenvalue weighted by atomic mass is 9.49. The van der Waals surface area contributed by atoms with Gasteiger partial charge in [0.05, 0.1) is 23.8 Å². The SMILES string of the molecule is CCOc1cn(C23CC(C2)C3)c(=O)c2cc(-c3nc(C4CC(C)(O)C4)n4ccnc(N)c34)c(F)cc12. The smallest absolute Gasteiger partial charge is 0.259 e. The second kappa shape index (κ2) is 7.06. The van der Waals surface area contributed by atoms with Crippen LogP contribution in [0.15, 0.2) is 35.5 Å². The molecule has 4 aliphatic rings. The van der Waals surface area contributed by atoms with Gasteiger partial charge in [-0.1, -0.05) is 0 Å². The minimum absolute atomic E-state index is 0.0117. The number of halogens is 1. The molecule has 4 aromatic rings. The van der Waals surface area contributed by atoms with Crippen LogP contribution in [-0.4, -0.2) is 36.3 Å². The Morgan fingerprint density at radius 1 is 1.22 bits per heavy atom. The lowest BCUT2D eigenvalue weighted by molar-refractivity contribution is -0.0913. The van der Waals surface area contributed by atoms with E-state index in [1.165, 1.54) is 6.07 Å². The highest BCUT2D eigenvalue weighted by molar-refractivity contribution is 5.94. The van der Waals surface area contributed by atoms with Gasteiger partial charge in [-0.15, -0.1) is 0 Å². The fraction of sp³-hybridized carbons (Fsp3) is 0.444. The van der Waals surface area contributed by atoms with E-state index >= 15 is 4.39 Å². The molecule has 8 rings (SSSR count). The minimum atomic E-state index is -0.744. The van der Waals surface area contributed by atoms with E-state index in [2.05, 4.69) is 4.98 Å². The van der Waals surface area contributed by atoms with Gasteiger partial charge in [-0.2, -0.15) is 0 Å². The van der Waals surface area contributed by atoms with Crippen LogP contribution in [-0.2, 0) is 5.54 Å². The molecule has 4 saturated carbocycles. The molecule has 3 N–H and O–H groups in total. The molecule has 2 bridgehead atoms. The normalized spacial score (nSPS) is 28.6. The number of hydrogen-bond donors (Lipinski definition) is 2. The number of fused-ring (bicyclic) bond motifs is 2. The Bertz CT molecular complexity index is 1610. The van der Waals surface area contributed by atoms with Crippen LogP contribution in [0.1, 0.15) is 57.7 Å². The summed E-state index contributed by atoms with van der Waals surface area (Å²) in [4.78, 5) is 22.7. The van der Waals surface area contributed by atoms with Crippen LogP contribution in [0.5, 0.6) is 5.75 Å². The highest BCUT2D eigenvalue weighted by Crippen LogP contribution is 2.62. The molecule has 0 amide bonds. The first-order valence-corrected chi connectivity index (χ1v) is 12.6. The van der Waals surface area contributed by atoms with Gasteiger partial charge in [-0.25, -0.2) is 14.4 Å². The van der Waals surface area contributed by atoms with Crippen LogP contribution >= 0.6 is 0 Å². The van der Waals surface area contributed by atoms with E-state index in [-0.39, 0.29) is 28.4 Å². The van der Waals surface area contributed by atoms with Crippen molar-refractivity contribution >= 4 is 22.1 Å². The highest BCUT2D eigenvalue weighted by Gasteiger charge is 2.58. The molecule has 3 aromatic heterocycles. The van der Waals surface area contributed by atoms with Crippen LogP contribution in [0.2, 0.25) is 0 Å². The van der Waals surface area contributed by atoms with Crippen molar-refractivity contribution in [2.75, 3.05) is 12.3 Å². The van der Waals surface area contributed by atoms with Crippen molar-refractivity contribution in [3.63, 3.8) is 0 Å². The Morgan fingerprint density at radius 2 is 1.97 bits per heavy atom. The quantitative estimate of drug-likeness (QED) is 0.439. The average molecular weight is 490 g/mol. The standard InChI is InChI=1S/C27H28FN5O3/c1-3-36-20-13-33(27-8-14(9-27)10-27)25(34)17-6-18(19(28)7-16(17)20)21-22-23(29)30-4-5-32(22)24(31-21)15-11-26(2,35)12-15/h4-7,13-15,35H,3,8-12H2,1-2H3,(H2,29,30). The molecule has 0 radical (unpaired) electrons. The van der Waals surface area contributed by atoms with Gasteiger partial charge in [0.25, 0.3) is 5.56 Å². The van der Waals surface area contributed by atoms with Crippen LogP contribution in [0.25, 0.3) is 27.5 Å². The summed E-state index contributed by atoms with van der Waals surface area (Å²) in [6.07, 6.45) is 9.21. The summed E-state index contributed by atoms with van der Waals surface area (Å²) in [7, 11) is 0. The predicted octanol–water partition coefficient (Wildman–Crippen LogP) is 3.97. The Labute approximate surface area is 206 Å². The number of nitrogen functional groups attached to an aromatic ring is 1. The fourth-order valence-corrected chi connectivity index (χ4v) is 6.61. The number of ether oxygens (including phenoxy) is 1. The zero-order valence-corrected chi connectivity index (χ0v) is 20.3. The maximum atomic E-state index is 15.8. The summed E-state index contributed by atoms with van der Waals surface area (Å²) in [5.74, 6) is 1.64. The zero-order valence-electron chi connectivity index (χ0n) is 20.3. The van der Waals surface area contributed by atoms with E-state index < -0.39 is 11.4 Å². The summed E-state index contributed by atoms with van der Waals surface area (Å²) in [6.45, 7) is 4.08. The summed E-state index contributed by atoms with van der Waals surface area (Å²) < 4.78 is 25.3. The van der Waals surface area contributed by atoms with Crippen LogP contribution in [0.3, 0.4) is 0 Å². The van der Waals surface area contributed by atoms with Gasteiger partial charge >= 0.3 is 0 Å². The predicted molar refractivity (Wildman–Crippen MR) is 134 cm³/mol. The molecule has 36 heavy (non-hydrogen) atoms. The van der Waals surface area contributed by atoms with Gasteiger partial charge in [0.1, 0.15) is 34.4 Å². The van der Waals surface area contributed by atoms with Crippen LogP contribution in [0, 0.1) is 11.7 Å². The molecule has 0 spiro atoms. The summed E-state index contributed by atoms with van der Waals surface area (Å²) in [5.41, 5.74) is 6.28. The van der Waals surface area contributed by atoms with Crippen LogP contribution in [0.4, 0.5) is 10.2 Å². The van der Waals surface area contributed by atoms with Gasteiger partial charge in [0, 0.05) is 34.8 Å². The lowest BCUT2D eigenvalue weighted by Gasteiger charge is -2.62. The molecular formula is C27H28FN5O3. The number of rotatable bonds is 5. The maximum Gasteiger partial charge on any atom is 0.259 e. The lowest BCUT2D eigenvalue weighted by Crippen LogP contribution is -2.61. The molecule has 1 aromatic carbocycles. The second-order valence-corrected chi connectivity index (χ2v) is 11.1. The van der Waals surface area contributed by atoms with Crippen molar-refractivity contribution < 1.29 is 14.2 Å². The minimum Gasteiger partial charge on any atom is -0.492 e. The zero-order chi connectivity index (χ0) is 25.0.